The molecular formula is C25H28N2O5S. The van der Waals surface area contributed by atoms with Crippen molar-refractivity contribution in [2.75, 3.05) is 30.4 Å². The average Bonchev–Trinajstić information content (AvgIpc) is 2.83. The highest BCUT2D eigenvalue weighted by atomic mass is 32.2. The minimum Gasteiger partial charge on any atom is -0.493 e. The predicted molar refractivity (Wildman–Crippen MR) is 130 cm³/mol. The number of amides is 1. The van der Waals surface area contributed by atoms with Crippen molar-refractivity contribution in [3.8, 4) is 11.5 Å². The Balaban J connectivity index is 2.02. The summed E-state index contributed by atoms with van der Waals surface area (Å²) in [6.45, 7) is 3.49. The maximum Gasteiger partial charge on any atom is 0.264 e. The molecule has 0 saturated carbocycles. The topological polar surface area (TPSA) is 84.9 Å². The Morgan fingerprint density at radius 2 is 1.64 bits per heavy atom. The summed E-state index contributed by atoms with van der Waals surface area (Å²) in [4.78, 5) is 13.2. The number of methoxy groups -OCH3 is 2. The van der Waals surface area contributed by atoms with Crippen LogP contribution in [0.5, 0.6) is 11.5 Å². The lowest BCUT2D eigenvalue weighted by molar-refractivity contribution is -0.114. The molecule has 0 aliphatic heterocycles. The molecule has 8 heteroatoms. The number of hydrogen-bond donors (Lipinski definition) is 1. The molecule has 0 aliphatic rings. The normalized spacial score (nSPS) is 11.0. The Morgan fingerprint density at radius 3 is 2.27 bits per heavy atom. The van der Waals surface area contributed by atoms with Crippen molar-refractivity contribution < 1.29 is 22.7 Å². The summed E-state index contributed by atoms with van der Waals surface area (Å²) < 4.78 is 38.8. The summed E-state index contributed by atoms with van der Waals surface area (Å²) in [6, 6.07) is 18.5. The summed E-state index contributed by atoms with van der Waals surface area (Å²) >= 11 is 0. The maximum atomic E-state index is 13.5. The first kappa shape index (κ1) is 24.1. The second-order valence-electron chi connectivity index (χ2n) is 7.37. The molecule has 0 atom stereocenters. The highest BCUT2D eigenvalue weighted by Gasteiger charge is 2.28. The number of benzene rings is 3. The monoisotopic (exact) mass is 468 g/mol. The molecule has 0 unspecified atom stereocenters. The zero-order valence-corrected chi connectivity index (χ0v) is 20.0. The number of anilines is 2. The third kappa shape index (κ3) is 5.28. The van der Waals surface area contributed by atoms with Gasteiger partial charge in [0.25, 0.3) is 10.0 Å². The minimum absolute atomic E-state index is 0.0812. The zero-order valence-electron chi connectivity index (χ0n) is 19.2. The number of nitrogens with one attached hydrogen (secondary N) is 1. The Labute approximate surface area is 195 Å². The van der Waals surface area contributed by atoms with Crippen LogP contribution in [0, 0.1) is 6.92 Å². The Kier molecular flexibility index (Phi) is 7.60. The molecule has 33 heavy (non-hydrogen) atoms. The van der Waals surface area contributed by atoms with Crippen LogP contribution in [-0.4, -0.2) is 35.1 Å². The van der Waals surface area contributed by atoms with Gasteiger partial charge < -0.3 is 14.8 Å². The molecule has 0 aromatic heterocycles. The molecule has 0 aliphatic carbocycles. The first-order valence-electron chi connectivity index (χ1n) is 10.5. The number of carbonyl (C=O) groups excluding carboxylic acids is 1. The SMILES string of the molecule is CCc1cccc(C)c1NC(=O)CN(c1ccc(OC)c(OC)c1)S(=O)(=O)c1ccccc1. The molecule has 1 N–H and O–H groups in total. The molecule has 0 spiro atoms. The van der Waals surface area contributed by atoms with Crippen molar-refractivity contribution in [3.63, 3.8) is 0 Å². The van der Waals surface area contributed by atoms with Crippen molar-refractivity contribution in [1.29, 1.82) is 0 Å². The predicted octanol–water partition coefficient (Wildman–Crippen LogP) is 4.41. The van der Waals surface area contributed by atoms with Gasteiger partial charge in [-0.2, -0.15) is 0 Å². The standard InChI is InChI=1S/C25H28N2O5S/c1-5-19-11-9-10-18(2)25(19)26-24(28)17-27(33(29,30)21-12-7-6-8-13-21)20-14-15-22(31-3)23(16-20)32-4/h6-16H,5,17H2,1-4H3,(H,26,28). The molecule has 3 aromatic carbocycles. The number of hydrogen-bond acceptors (Lipinski definition) is 5. The van der Waals surface area contributed by atoms with Gasteiger partial charge in [-0.1, -0.05) is 43.3 Å². The van der Waals surface area contributed by atoms with Gasteiger partial charge in [-0.3, -0.25) is 9.10 Å². The van der Waals surface area contributed by atoms with Gasteiger partial charge in [0, 0.05) is 11.8 Å². The maximum absolute atomic E-state index is 13.5. The first-order chi connectivity index (χ1) is 15.8. The van der Waals surface area contributed by atoms with E-state index in [9.17, 15) is 13.2 Å². The lowest BCUT2D eigenvalue weighted by Gasteiger charge is -2.25. The van der Waals surface area contributed by atoms with E-state index >= 15 is 0 Å². The lowest BCUT2D eigenvalue weighted by Crippen LogP contribution is -2.38. The van der Waals surface area contributed by atoms with E-state index in [-0.39, 0.29) is 10.6 Å². The molecule has 3 aromatic rings. The lowest BCUT2D eigenvalue weighted by atomic mass is 10.1. The summed E-state index contributed by atoms with van der Waals surface area (Å²) in [6.07, 6.45) is 0.735. The van der Waals surface area contributed by atoms with Crippen LogP contribution in [0.1, 0.15) is 18.1 Å². The minimum atomic E-state index is -4.04. The van der Waals surface area contributed by atoms with Crippen LogP contribution in [0.25, 0.3) is 0 Å². The Morgan fingerprint density at radius 1 is 0.939 bits per heavy atom. The number of aryl methyl sites for hydroxylation is 2. The van der Waals surface area contributed by atoms with Gasteiger partial charge in [0.2, 0.25) is 5.91 Å². The number of para-hydroxylation sites is 1. The fraction of sp³-hybridized carbons (Fsp3) is 0.240. The van der Waals surface area contributed by atoms with Crippen LogP contribution in [0.3, 0.4) is 0 Å². The van der Waals surface area contributed by atoms with Gasteiger partial charge in [-0.05, 0) is 48.7 Å². The van der Waals surface area contributed by atoms with Crippen molar-refractivity contribution in [1.82, 2.24) is 0 Å². The number of rotatable bonds is 9. The Bertz CT molecular complexity index is 1230. The van der Waals surface area contributed by atoms with E-state index in [1.807, 2.05) is 32.0 Å². The summed E-state index contributed by atoms with van der Waals surface area (Å²) in [7, 11) is -1.07. The summed E-state index contributed by atoms with van der Waals surface area (Å²) in [5.41, 5.74) is 2.87. The zero-order chi connectivity index (χ0) is 24.0. The van der Waals surface area contributed by atoms with E-state index in [1.54, 1.807) is 30.3 Å². The fourth-order valence-electron chi connectivity index (χ4n) is 3.53. The highest BCUT2D eigenvalue weighted by Crippen LogP contribution is 2.34. The van der Waals surface area contributed by atoms with Gasteiger partial charge in [0.15, 0.2) is 11.5 Å². The largest absolute Gasteiger partial charge is 0.493 e. The van der Waals surface area contributed by atoms with Gasteiger partial charge in [-0.25, -0.2) is 8.42 Å². The second kappa shape index (κ2) is 10.4. The number of sulfonamides is 1. The molecule has 7 nitrogen and oxygen atoms in total. The van der Waals surface area contributed by atoms with Gasteiger partial charge in [-0.15, -0.1) is 0 Å². The molecule has 0 radical (unpaired) electrons. The van der Waals surface area contributed by atoms with Gasteiger partial charge in [0.05, 0.1) is 24.8 Å². The van der Waals surface area contributed by atoms with Crippen LogP contribution in [0.4, 0.5) is 11.4 Å². The first-order valence-corrected chi connectivity index (χ1v) is 11.9. The molecule has 0 heterocycles. The van der Waals surface area contributed by atoms with E-state index in [4.69, 9.17) is 9.47 Å². The highest BCUT2D eigenvalue weighted by molar-refractivity contribution is 7.92. The molecular weight excluding hydrogens is 440 g/mol. The van der Waals surface area contributed by atoms with Crippen molar-refractivity contribution in [2.24, 2.45) is 0 Å². The van der Waals surface area contributed by atoms with Gasteiger partial charge >= 0.3 is 0 Å². The summed E-state index contributed by atoms with van der Waals surface area (Å²) in [5.74, 6) is 0.361. The van der Waals surface area contributed by atoms with Crippen LogP contribution < -0.4 is 19.1 Å². The molecule has 1 amide bonds. The van der Waals surface area contributed by atoms with Crippen molar-refractivity contribution in [3.05, 3.63) is 77.9 Å². The molecule has 0 fully saturated rings. The molecule has 0 bridgehead atoms. The third-order valence-electron chi connectivity index (χ3n) is 5.28. The van der Waals surface area contributed by atoms with E-state index in [1.165, 1.54) is 32.4 Å². The van der Waals surface area contributed by atoms with E-state index < -0.39 is 22.5 Å². The molecule has 0 saturated heterocycles. The van der Waals surface area contributed by atoms with E-state index in [0.29, 0.717) is 17.2 Å². The fourth-order valence-corrected chi connectivity index (χ4v) is 4.96. The number of nitrogens with zero attached hydrogens (tertiary/aromatic N) is 1. The van der Waals surface area contributed by atoms with Crippen LogP contribution in [0.2, 0.25) is 0 Å². The number of ether oxygens (including phenoxy) is 2. The third-order valence-corrected chi connectivity index (χ3v) is 7.07. The number of carbonyl (C=O) groups is 1. The molecule has 174 valence electrons. The average molecular weight is 469 g/mol. The van der Waals surface area contributed by atoms with Crippen LogP contribution >= 0.6 is 0 Å². The van der Waals surface area contributed by atoms with Crippen molar-refractivity contribution in [2.45, 2.75) is 25.2 Å². The van der Waals surface area contributed by atoms with Crippen LogP contribution in [-0.2, 0) is 21.2 Å². The van der Waals surface area contributed by atoms with Crippen LogP contribution in [0.15, 0.2) is 71.6 Å². The molecule has 3 rings (SSSR count). The summed E-state index contributed by atoms with van der Waals surface area (Å²) in [5, 5.41) is 2.90. The second-order valence-corrected chi connectivity index (χ2v) is 9.24. The quantitative estimate of drug-likeness (QED) is 0.503. The Hall–Kier alpha value is -3.52. The van der Waals surface area contributed by atoms with E-state index in [0.717, 1.165) is 21.9 Å². The van der Waals surface area contributed by atoms with Crippen molar-refractivity contribution >= 4 is 27.3 Å². The van der Waals surface area contributed by atoms with Gasteiger partial charge in [0.1, 0.15) is 6.54 Å². The van der Waals surface area contributed by atoms with E-state index in [2.05, 4.69) is 5.32 Å². The smallest absolute Gasteiger partial charge is 0.264 e.